The van der Waals surface area contributed by atoms with Crippen LogP contribution in [0.4, 0.5) is 4.79 Å². The lowest BCUT2D eigenvalue weighted by atomic mass is 10.3. The van der Waals surface area contributed by atoms with E-state index in [4.69, 9.17) is 4.42 Å². The number of furan rings is 1. The molecule has 15 heavy (non-hydrogen) atoms. The fraction of sp³-hybridized carbons (Fsp3) is 0.545. The van der Waals surface area contributed by atoms with Gasteiger partial charge in [0.1, 0.15) is 0 Å². The van der Waals surface area contributed by atoms with E-state index in [0.29, 0.717) is 6.54 Å². The summed E-state index contributed by atoms with van der Waals surface area (Å²) >= 11 is 0. The third-order valence-corrected chi connectivity index (χ3v) is 2.36. The zero-order chi connectivity index (χ0) is 11.3. The van der Waals surface area contributed by atoms with E-state index >= 15 is 0 Å². The van der Waals surface area contributed by atoms with Gasteiger partial charge in [-0.15, -0.1) is 0 Å². The van der Waals surface area contributed by atoms with Crippen LogP contribution in [0.1, 0.15) is 19.4 Å². The van der Waals surface area contributed by atoms with Gasteiger partial charge in [-0.3, -0.25) is 0 Å². The van der Waals surface area contributed by atoms with Crippen LogP contribution in [0.15, 0.2) is 23.0 Å². The van der Waals surface area contributed by atoms with Crippen molar-refractivity contribution in [2.75, 3.05) is 20.1 Å². The van der Waals surface area contributed by atoms with E-state index in [1.165, 1.54) is 0 Å². The number of hydrogen-bond donors (Lipinski definition) is 0. The first kappa shape index (κ1) is 11.6. The van der Waals surface area contributed by atoms with Crippen molar-refractivity contribution in [1.82, 2.24) is 9.80 Å². The minimum absolute atomic E-state index is 0.0567. The second kappa shape index (κ2) is 5.44. The fourth-order valence-corrected chi connectivity index (χ4v) is 1.46. The summed E-state index contributed by atoms with van der Waals surface area (Å²) in [7, 11) is 1.80. The Morgan fingerprint density at radius 2 is 2.07 bits per heavy atom. The van der Waals surface area contributed by atoms with Crippen LogP contribution < -0.4 is 0 Å². The van der Waals surface area contributed by atoms with E-state index in [9.17, 15) is 4.79 Å². The van der Waals surface area contributed by atoms with Crippen LogP contribution in [0, 0.1) is 0 Å². The van der Waals surface area contributed by atoms with Crippen molar-refractivity contribution in [3.8, 4) is 0 Å². The van der Waals surface area contributed by atoms with Gasteiger partial charge in [-0.2, -0.15) is 0 Å². The summed E-state index contributed by atoms with van der Waals surface area (Å²) in [5, 5.41) is 0. The van der Waals surface area contributed by atoms with Crippen molar-refractivity contribution in [2.45, 2.75) is 20.4 Å². The Bertz CT molecular complexity index is 292. The summed E-state index contributed by atoms with van der Waals surface area (Å²) < 4.78 is 4.96. The Kier molecular flexibility index (Phi) is 4.21. The molecule has 84 valence electrons. The quantitative estimate of drug-likeness (QED) is 0.763. The molecule has 0 radical (unpaired) electrons. The molecule has 0 spiro atoms. The van der Waals surface area contributed by atoms with Gasteiger partial charge < -0.3 is 14.2 Å². The maximum absolute atomic E-state index is 11.9. The standard InChI is InChI=1S/C11H18N2O2/c1-4-13(5-2)11(14)12(3)8-10-6-7-15-9-10/h6-7,9H,4-5,8H2,1-3H3. The first-order chi connectivity index (χ1) is 7.19. The monoisotopic (exact) mass is 210 g/mol. The molecule has 0 aliphatic carbocycles. The smallest absolute Gasteiger partial charge is 0.320 e. The van der Waals surface area contributed by atoms with Gasteiger partial charge in [0.25, 0.3) is 0 Å². The Balaban J connectivity index is 2.53. The predicted octanol–water partition coefficient (Wildman–Crippen LogP) is 2.17. The van der Waals surface area contributed by atoms with Crippen molar-refractivity contribution in [1.29, 1.82) is 0 Å². The molecule has 1 heterocycles. The maximum Gasteiger partial charge on any atom is 0.320 e. The molecule has 2 amide bonds. The normalized spacial score (nSPS) is 10.1. The predicted molar refractivity (Wildman–Crippen MR) is 58.5 cm³/mol. The second-order valence-electron chi connectivity index (χ2n) is 3.44. The molecular formula is C11H18N2O2. The van der Waals surface area contributed by atoms with Crippen molar-refractivity contribution in [2.24, 2.45) is 0 Å². The molecule has 0 aliphatic heterocycles. The summed E-state index contributed by atoms with van der Waals surface area (Å²) in [4.78, 5) is 15.3. The van der Waals surface area contributed by atoms with Crippen molar-refractivity contribution >= 4 is 6.03 Å². The summed E-state index contributed by atoms with van der Waals surface area (Å²) in [6.45, 7) is 6.03. The maximum atomic E-state index is 11.9. The molecule has 1 aromatic rings. The van der Waals surface area contributed by atoms with E-state index in [1.807, 2.05) is 19.9 Å². The average molecular weight is 210 g/mol. The molecule has 4 nitrogen and oxygen atoms in total. The molecule has 0 aliphatic rings. The zero-order valence-electron chi connectivity index (χ0n) is 9.56. The van der Waals surface area contributed by atoms with Gasteiger partial charge in [0, 0.05) is 25.7 Å². The lowest BCUT2D eigenvalue weighted by Crippen LogP contribution is -2.40. The number of nitrogens with zero attached hydrogens (tertiary/aromatic N) is 2. The van der Waals surface area contributed by atoms with Crippen LogP contribution in [-0.4, -0.2) is 36.0 Å². The van der Waals surface area contributed by atoms with Crippen LogP contribution in [-0.2, 0) is 6.54 Å². The van der Waals surface area contributed by atoms with Crippen LogP contribution in [0.3, 0.4) is 0 Å². The third kappa shape index (κ3) is 3.01. The highest BCUT2D eigenvalue weighted by Crippen LogP contribution is 2.06. The molecule has 0 aromatic carbocycles. The highest BCUT2D eigenvalue weighted by atomic mass is 16.3. The molecule has 0 saturated heterocycles. The van der Waals surface area contributed by atoms with E-state index in [0.717, 1.165) is 18.7 Å². The first-order valence-corrected chi connectivity index (χ1v) is 5.20. The van der Waals surface area contributed by atoms with Crippen molar-refractivity contribution in [3.05, 3.63) is 24.2 Å². The van der Waals surface area contributed by atoms with E-state index in [-0.39, 0.29) is 6.03 Å². The second-order valence-corrected chi connectivity index (χ2v) is 3.44. The summed E-state index contributed by atoms with van der Waals surface area (Å²) in [6.07, 6.45) is 3.27. The lowest BCUT2D eigenvalue weighted by Gasteiger charge is -2.25. The largest absolute Gasteiger partial charge is 0.472 e. The van der Waals surface area contributed by atoms with Crippen molar-refractivity contribution < 1.29 is 9.21 Å². The van der Waals surface area contributed by atoms with Gasteiger partial charge in [-0.25, -0.2) is 4.79 Å². The molecule has 0 unspecified atom stereocenters. The van der Waals surface area contributed by atoms with Gasteiger partial charge in [-0.1, -0.05) is 0 Å². The minimum Gasteiger partial charge on any atom is -0.472 e. The molecular weight excluding hydrogens is 192 g/mol. The first-order valence-electron chi connectivity index (χ1n) is 5.20. The Labute approximate surface area is 90.5 Å². The zero-order valence-corrected chi connectivity index (χ0v) is 9.56. The van der Waals surface area contributed by atoms with Gasteiger partial charge in [0.15, 0.2) is 0 Å². The minimum atomic E-state index is 0.0567. The SMILES string of the molecule is CCN(CC)C(=O)N(C)Cc1ccoc1. The van der Waals surface area contributed by atoms with Crippen molar-refractivity contribution in [3.63, 3.8) is 0 Å². The van der Waals surface area contributed by atoms with Crippen LogP contribution in [0.25, 0.3) is 0 Å². The van der Waals surface area contributed by atoms with Gasteiger partial charge in [0.05, 0.1) is 19.1 Å². The molecule has 0 N–H and O–H groups in total. The molecule has 0 fully saturated rings. The average Bonchev–Trinajstić information content (AvgIpc) is 2.72. The van der Waals surface area contributed by atoms with Gasteiger partial charge >= 0.3 is 6.03 Å². The Hall–Kier alpha value is -1.45. The van der Waals surface area contributed by atoms with Crippen LogP contribution >= 0.6 is 0 Å². The number of urea groups is 1. The molecule has 1 rings (SSSR count). The number of rotatable bonds is 4. The molecule has 0 bridgehead atoms. The van der Waals surface area contributed by atoms with E-state index in [2.05, 4.69) is 0 Å². The fourth-order valence-electron chi connectivity index (χ4n) is 1.46. The summed E-state index contributed by atoms with van der Waals surface area (Å²) in [5.74, 6) is 0. The topological polar surface area (TPSA) is 36.7 Å². The number of carbonyl (C=O) groups is 1. The van der Waals surface area contributed by atoms with E-state index in [1.54, 1.807) is 29.4 Å². The Morgan fingerprint density at radius 1 is 1.40 bits per heavy atom. The molecule has 4 heteroatoms. The molecule has 0 atom stereocenters. The molecule has 0 saturated carbocycles. The van der Waals surface area contributed by atoms with Gasteiger partial charge in [-0.05, 0) is 19.9 Å². The number of hydrogen-bond acceptors (Lipinski definition) is 2. The highest BCUT2D eigenvalue weighted by molar-refractivity contribution is 5.74. The number of carbonyl (C=O) groups excluding carboxylic acids is 1. The third-order valence-electron chi connectivity index (χ3n) is 2.36. The summed E-state index contributed by atoms with van der Waals surface area (Å²) in [5.41, 5.74) is 1.01. The highest BCUT2D eigenvalue weighted by Gasteiger charge is 2.14. The van der Waals surface area contributed by atoms with Crippen LogP contribution in [0.2, 0.25) is 0 Å². The summed E-state index contributed by atoms with van der Waals surface area (Å²) in [6, 6.07) is 1.92. The van der Waals surface area contributed by atoms with Crippen LogP contribution in [0.5, 0.6) is 0 Å². The Morgan fingerprint density at radius 3 is 2.53 bits per heavy atom. The lowest BCUT2D eigenvalue weighted by molar-refractivity contribution is 0.165. The van der Waals surface area contributed by atoms with E-state index < -0.39 is 0 Å². The van der Waals surface area contributed by atoms with Gasteiger partial charge in [0.2, 0.25) is 0 Å². The number of amides is 2. The molecule has 1 aromatic heterocycles.